The highest BCUT2D eigenvalue weighted by Gasteiger charge is 2.06. The summed E-state index contributed by atoms with van der Waals surface area (Å²) < 4.78 is 0. The highest BCUT2D eigenvalue weighted by atomic mass is 32.2. The van der Waals surface area contributed by atoms with Crippen LogP contribution in [0.5, 0.6) is 0 Å². The molecular formula is C17H15N3S. The van der Waals surface area contributed by atoms with Gasteiger partial charge in [0.15, 0.2) is 5.16 Å². The van der Waals surface area contributed by atoms with Crippen molar-refractivity contribution in [2.45, 2.75) is 24.8 Å². The normalized spacial score (nSPS) is 10.7. The summed E-state index contributed by atoms with van der Waals surface area (Å²) in [4.78, 5) is 7.94. The van der Waals surface area contributed by atoms with Crippen LogP contribution in [0.2, 0.25) is 0 Å². The second-order valence-electron chi connectivity index (χ2n) is 5.10. The Bertz CT molecular complexity index is 843. The number of imidazole rings is 1. The maximum absolute atomic E-state index is 8.89. The molecule has 0 saturated heterocycles. The molecular weight excluding hydrogens is 278 g/mol. The third kappa shape index (κ3) is 2.93. The van der Waals surface area contributed by atoms with E-state index in [9.17, 15) is 0 Å². The van der Waals surface area contributed by atoms with Gasteiger partial charge in [-0.15, -0.1) is 0 Å². The highest BCUT2D eigenvalue weighted by Crippen LogP contribution is 2.25. The number of hydrogen-bond acceptors (Lipinski definition) is 3. The molecule has 4 heteroatoms. The molecule has 0 aliphatic rings. The summed E-state index contributed by atoms with van der Waals surface area (Å²) in [7, 11) is 0. The number of aromatic amines is 1. The fourth-order valence-electron chi connectivity index (χ4n) is 2.24. The van der Waals surface area contributed by atoms with E-state index in [1.54, 1.807) is 11.8 Å². The number of H-pyrrole nitrogens is 1. The zero-order valence-electron chi connectivity index (χ0n) is 12.0. The van der Waals surface area contributed by atoms with Gasteiger partial charge in [-0.1, -0.05) is 23.9 Å². The standard InChI is InChI=1S/C17H15N3S/c1-11-3-6-15-16(7-11)20-17(19-15)21-10-14-5-4-13(9-18)8-12(14)2/h3-8H,10H2,1-2H3,(H,19,20). The van der Waals surface area contributed by atoms with Crippen LogP contribution in [-0.2, 0) is 5.75 Å². The van der Waals surface area contributed by atoms with Crippen molar-refractivity contribution in [3.05, 3.63) is 58.7 Å². The van der Waals surface area contributed by atoms with Crippen LogP contribution in [0.3, 0.4) is 0 Å². The Kier molecular flexibility index (Phi) is 3.68. The molecule has 0 spiro atoms. The van der Waals surface area contributed by atoms with E-state index in [0.717, 1.165) is 27.5 Å². The molecule has 1 heterocycles. The highest BCUT2D eigenvalue weighted by molar-refractivity contribution is 7.98. The molecule has 0 amide bonds. The first-order chi connectivity index (χ1) is 10.2. The molecule has 21 heavy (non-hydrogen) atoms. The number of aromatic nitrogens is 2. The van der Waals surface area contributed by atoms with Crippen LogP contribution in [0.1, 0.15) is 22.3 Å². The van der Waals surface area contributed by atoms with E-state index in [0.29, 0.717) is 5.56 Å². The van der Waals surface area contributed by atoms with E-state index in [-0.39, 0.29) is 0 Å². The molecule has 0 atom stereocenters. The summed E-state index contributed by atoms with van der Waals surface area (Å²) in [5.74, 6) is 0.844. The first-order valence-corrected chi connectivity index (χ1v) is 7.73. The van der Waals surface area contributed by atoms with Crippen molar-refractivity contribution in [3.63, 3.8) is 0 Å². The second kappa shape index (κ2) is 5.63. The number of nitrogens with one attached hydrogen (secondary N) is 1. The molecule has 0 bridgehead atoms. The lowest BCUT2D eigenvalue weighted by molar-refractivity contribution is 1.08. The van der Waals surface area contributed by atoms with Crippen molar-refractivity contribution in [1.29, 1.82) is 5.26 Å². The number of benzene rings is 2. The van der Waals surface area contributed by atoms with Gasteiger partial charge in [0.05, 0.1) is 22.7 Å². The SMILES string of the molecule is Cc1ccc2nc(SCc3ccc(C#N)cc3C)[nH]c2c1. The van der Waals surface area contributed by atoms with Gasteiger partial charge in [-0.25, -0.2) is 4.98 Å². The lowest BCUT2D eigenvalue weighted by Gasteiger charge is -2.04. The second-order valence-corrected chi connectivity index (χ2v) is 6.07. The molecule has 1 aromatic heterocycles. The van der Waals surface area contributed by atoms with Gasteiger partial charge in [0, 0.05) is 5.75 Å². The van der Waals surface area contributed by atoms with Crippen LogP contribution in [-0.4, -0.2) is 9.97 Å². The number of hydrogen-bond donors (Lipinski definition) is 1. The quantitative estimate of drug-likeness (QED) is 0.731. The van der Waals surface area contributed by atoms with E-state index < -0.39 is 0 Å². The summed E-state index contributed by atoms with van der Waals surface area (Å²) in [6.45, 7) is 4.12. The summed E-state index contributed by atoms with van der Waals surface area (Å²) in [6.07, 6.45) is 0. The number of fused-ring (bicyclic) bond motifs is 1. The van der Waals surface area contributed by atoms with E-state index >= 15 is 0 Å². The van der Waals surface area contributed by atoms with Crippen molar-refractivity contribution in [3.8, 4) is 6.07 Å². The lowest BCUT2D eigenvalue weighted by atomic mass is 10.1. The Morgan fingerprint density at radius 1 is 1.19 bits per heavy atom. The fourth-order valence-corrected chi connectivity index (χ4v) is 3.20. The van der Waals surface area contributed by atoms with Gasteiger partial charge < -0.3 is 4.98 Å². The van der Waals surface area contributed by atoms with Crippen LogP contribution in [0.15, 0.2) is 41.6 Å². The molecule has 0 aliphatic heterocycles. The third-order valence-electron chi connectivity index (χ3n) is 3.45. The van der Waals surface area contributed by atoms with Crippen molar-refractivity contribution >= 4 is 22.8 Å². The smallest absolute Gasteiger partial charge is 0.166 e. The van der Waals surface area contributed by atoms with Crippen molar-refractivity contribution in [2.75, 3.05) is 0 Å². The Balaban J connectivity index is 1.78. The first-order valence-electron chi connectivity index (χ1n) is 6.74. The summed E-state index contributed by atoms with van der Waals surface area (Å²) in [6, 6.07) is 14.2. The molecule has 0 radical (unpaired) electrons. The average molecular weight is 293 g/mol. The van der Waals surface area contributed by atoms with Crippen LogP contribution in [0.25, 0.3) is 11.0 Å². The lowest BCUT2D eigenvalue weighted by Crippen LogP contribution is -1.88. The topological polar surface area (TPSA) is 52.5 Å². The molecule has 3 aromatic rings. The molecule has 0 unspecified atom stereocenters. The molecule has 0 fully saturated rings. The van der Waals surface area contributed by atoms with Gasteiger partial charge in [-0.05, 0) is 54.8 Å². The van der Waals surface area contributed by atoms with E-state index in [4.69, 9.17) is 5.26 Å². The Labute approximate surface area is 128 Å². The van der Waals surface area contributed by atoms with Gasteiger partial charge >= 0.3 is 0 Å². The fraction of sp³-hybridized carbons (Fsp3) is 0.176. The minimum atomic E-state index is 0.709. The molecule has 3 rings (SSSR count). The first kappa shape index (κ1) is 13.7. The maximum Gasteiger partial charge on any atom is 0.166 e. The zero-order valence-corrected chi connectivity index (χ0v) is 12.8. The Morgan fingerprint density at radius 3 is 2.81 bits per heavy atom. The number of rotatable bonds is 3. The number of aryl methyl sites for hydroxylation is 2. The van der Waals surface area contributed by atoms with Crippen LogP contribution in [0, 0.1) is 25.2 Å². The summed E-state index contributed by atoms with van der Waals surface area (Å²) in [5.41, 5.74) is 6.39. The van der Waals surface area contributed by atoms with Crippen LogP contribution >= 0.6 is 11.8 Å². The monoisotopic (exact) mass is 293 g/mol. The van der Waals surface area contributed by atoms with E-state index in [2.05, 4.69) is 35.1 Å². The van der Waals surface area contributed by atoms with Crippen molar-refractivity contribution < 1.29 is 0 Å². The average Bonchev–Trinajstić information content (AvgIpc) is 2.87. The van der Waals surface area contributed by atoms with Gasteiger partial charge in [0.1, 0.15) is 0 Å². The van der Waals surface area contributed by atoms with Crippen molar-refractivity contribution in [1.82, 2.24) is 9.97 Å². The van der Waals surface area contributed by atoms with Crippen LogP contribution < -0.4 is 0 Å². The summed E-state index contributed by atoms with van der Waals surface area (Å²) in [5, 5.41) is 9.82. The van der Waals surface area contributed by atoms with E-state index in [1.807, 2.05) is 31.2 Å². The number of nitriles is 1. The molecule has 3 nitrogen and oxygen atoms in total. The minimum absolute atomic E-state index is 0.709. The third-order valence-corrected chi connectivity index (χ3v) is 4.37. The molecule has 104 valence electrons. The molecule has 2 aromatic carbocycles. The number of nitrogens with zero attached hydrogens (tertiary/aromatic N) is 2. The largest absolute Gasteiger partial charge is 0.333 e. The molecule has 1 N–H and O–H groups in total. The Hall–Kier alpha value is -2.25. The number of thioether (sulfide) groups is 1. The predicted molar refractivity (Wildman–Crippen MR) is 86.3 cm³/mol. The zero-order chi connectivity index (χ0) is 14.8. The molecule has 0 saturated carbocycles. The molecule has 0 aliphatic carbocycles. The van der Waals surface area contributed by atoms with Gasteiger partial charge in [-0.3, -0.25) is 0 Å². The van der Waals surface area contributed by atoms with Crippen molar-refractivity contribution in [2.24, 2.45) is 0 Å². The summed E-state index contributed by atoms with van der Waals surface area (Å²) >= 11 is 1.68. The van der Waals surface area contributed by atoms with E-state index in [1.165, 1.54) is 11.1 Å². The Morgan fingerprint density at radius 2 is 2.05 bits per heavy atom. The minimum Gasteiger partial charge on any atom is -0.333 e. The van der Waals surface area contributed by atoms with Crippen LogP contribution in [0.4, 0.5) is 0 Å². The predicted octanol–water partition coefficient (Wildman–Crippen LogP) is 4.34. The van der Waals surface area contributed by atoms with Gasteiger partial charge in [0.2, 0.25) is 0 Å². The van der Waals surface area contributed by atoms with Gasteiger partial charge in [-0.2, -0.15) is 5.26 Å². The maximum atomic E-state index is 8.89. The van der Waals surface area contributed by atoms with Gasteiger partial charge in [0.25, 0.3) is 0 Å².